The van der Waals surface area contributed by atoms with Gasteiger partial charge in [-0.2, -0.15) is 0 Å². The molecule has 1 amide bonds. The Morgan fingerprint density at radius 3 is 1.79 bits per heavy atom. The highest BCUT2D eigenvalue weighted by Gasteiger charge is 2.44. The Bertz CT molecular complexity index is 708. The molecule has 0 aromatic carbocycles. The van der Waals surface area contributed by atoms with Crippen LogP contribution >= 0.6 is 0 Å². The molecule has 0 bridgehead atoms. The number of aliphatic hydroxyl groups is 5. The van der Waals surface area contributed by atoms with E-state index >= 15 is 0 Å². The molecular formula is C28H51NO13. The fourth-order valence-electron chi connectivity index (χ4n) is 4.68. The fraction of sp³-hybridized carbons (Fsp3) is 0.929. The summed E-state index contributed by atoms with van der Waals surface area (Å²) in [7, 11) is 0. The number of rotatable bonds is 18. The first-order valence-electron chi connectivity index (χ1n) is 15.0. The molecule has 14 heteroatoms. The van der Waals surface area contributed by atoms with Crippen molar-refractivity contribution in [2.75, 3.05) is 39.6 Å². The molecule has 0 aromatic rings. The van der Waals surface area contributed by atoms with E-state index in [9.17, 15) is 35.1 Å². The van der Waals surface area contributed by atoms with Gasteiger partial charge in [0.15, 0.2) is 0 Å². The minimum Gasteiger partial charge on any atom is -0.435 e. The molecule has 14 nitrogen and oxygen atoms in total. The molecule has 0 aliphatic carbocycles. The molecule has 0 saturated carbocycles. The molecule has 2 heterocycles. The summed E-state index contributed by atoms with van der Waals surface area (Å²) in [5.41, 5.74) is 0. The molecule has 2 fully saturated rings. The van der Waals surface area contributed by atoms with Gasteiger partial charge >= 0.3 is 12.1 Å². The smallest absolute Gasteiger partial charge is 0.409 e. The largest absolute Gasteiger partial charge is 0.435 e. The van der Waals surface area contributed by atoms with Crippen molar-refractivity contribution in [3.05, 3.63) is 0 Å². The van der Waals surface area contributed by atoms with Gasteiger partial charge in [0.2, 0.25) is 12.6 Å². The van der Waals surface area contributed by atoms with Gasteiger partial charge in [-0.25, -0.2) is 4.79 Å². The lowest BCUT2D eigenvalue weighted by atomic mass is 9.91. The Kier molecular flexibility index (Phi) is 17.1. The first-order valence-corrected chi connectivity index (χ1v) is 15.0. The number of unbranched alkanes of at least 4 members (excludes halogenated alkanes) is 2. The number of carbonyl (C=O) groups excluding carboxylic acids is 2. The summed E-state index contributed by atoms with van der Waals surface area (Å²) in [6, 6.07) is 0. The maximum absolute atomic E-state index is 12.1. The van der Waals surface area contributed by atoms with E-state index < -0.39 is 79.7 Å². The Morgan fingerprint density at radius 1 is 0.714 bits per heavy atom. The fourth-order valence-corrected chi connectivity index (χ4v) is 4.68. The summed E-state index contributed by atoms with van der Waals surface area (Å²) in [5, 5.41) is 51.9. The van der Waals surface area contributed by atoms with Crippen LogP contribution < -0.4 is 5.32 Å². The maximum Gasteiger partial charge on any atom is 0.409 e. The molecule has 2 aliphatic rings. The standard InChI is InChI=1S/C28H51NO13/c1-4-19-24(34)22(32)18(3)27(39-19)42-28(36)29-11-9-15-38-14-8-7-13-37-12-6-5-10-21(31)41-26-17(2)23(33)25(35)20(16-30)40-26/h17-20,22-27,30,32-35H,4-16H2,1-3H3,(H,29,36)/t17?,18-,19?,20?,22?,23-,24-,25-,26-,27-/m1/s1. The Hall–Kier alpha value is -1.62. The summed E-state index contributed by atoms with van der Waals surface area (Å²) in [4.78, 5) is 24.1. The van der Waals surface area contributed by atoms with Gasteiger partial charge < -0.3 is 59.3 Å². The predicted molar refractivity (Wildman–Crippen MR) is 147 cm³/mol. The molecule has 2 saturated heterocycles. The van der Waals surface area contributed by atoms with Crippen LogP contribution in [0.5, 0.6) is 0 Å². The van der Waals surface area contributed by atoms with E-state index in [0.717, 1.165) is 12.8 Å². The molecular weight excluding hydrogens is 558 g/mol. The van der Waals surface area contributed by atoms with Crippen molar-refractivity contribution in [3.8, 4) is 0 Å². The molecule has 42 heavy (non-hydrogen) atoms. The number of aliphatic hydroxyl groups excluding tert-OH is 5. The van der Waals surface area contributed by atoms with Gasteiger partial charge in [-0.1, -0.05) is 20.8 Å². The van der Waals surface area contributed by atoms with Crippen LogP contribution in [0.3, 0.4) is 0 Å². The van der Waals surface area contributed by atoms with Crippen molar-refractivity contribution in [2.45, 2.75) is 115 Å². The van der Waals surface area contributed by atoms with Crippen molar-refractivity contribution in [1.82, 2.24) is 5.32 Å². The van der Waals surface area contributed by atoms with Crippen LogP contribution in [0.4, 0.5) is 4.79 Å². The van der Waals surface area contributed by atoms with E-state index in [1.807, 2.05) is 6.92 Å². The third kappa shape index (κ3) is 11.8. The van der Waals surface area contributed by atoms with E-state index in [2.05, 4.69) is 5.32 Å². The van der Waals surface area contributed by atoms with Crippen LogP contribution in [-0.4, -0.2) is 126 Å². The number of hydrogen-bond donors (Lipinski definition) is 6. The first kappa shape index (κ1) is 36.6. The predicted octanol–water partition coefficient (Wildman–Crippen LogP) is 0.198. The van der Waals surface area contributed by atoms with E-state index in [1.165, 1.54) is 0 Å². The van der Waals surface area contributed by atoms with E-state index in [1.54, 1.807) is 13.8 Å². The number of esters is 1. The molecule has 0 spiro atoms. The molecule has 2 aliphatic heterocycles. The average Bonchev–Trinajstić information content (AvgIpc) is 2.97. The number of carbonyl (C=O) groups is 2. The lowest BCUT2D eigenvalue weighted by Gasteiger charge is -2.40. The van der Waals surface area contributed by atoms with Gasteiger partial charge in [0, 0.05) is 51.2 Å². The van der Waals surface area contributed by atoms with Gasteiger partial charge in [-0.3, -0.25) is 4.79 Å². The SMILES string of the molecule is CCC1O[C@H](OC(=O)NCCCOCCCCOCCCCC(=O)O[C@H]2OC(CO)[C@@H](O)[C@H](O)C2C)[C@H](C)C(O)[C@@H]1O. The van der Waals surface area contributed by atoms with Crippen molar-refractivity contribution < 1.29 is 63.5 Å². The van der Waals surface area contributed by atoms with Crippen LogP contribution in [0, 0.1) is 11.8 Å². The summed E-state index contributed by atoms with van der Waals surface area (Å²) >= 11 is 0. The molecule has 0 radical (unpaired) electrons. The lowest BCUT2D eigenvalue weighted by molar-refractivity contribution is -0.274. The van der Waals surface area contributed by atoms with Crippen LogP contribution in [-0.2, 0) is 33.2 Å². The maximum atomic E-state index is 12.1. The van der Waals surface area contributed by atoms with Crippen molar-refractivity contribution >= 4 is 12.1 Å². The van der Waals surface area contributed by atoms with E-state index in [4.69, 9.17) is 28.4 Å². The Balaban J connectivity index is 1.39. The number of amides is 1. The molecule has 4 unspecified atom stereocenters. The minimum absolute atomic E-state index is 0.166. The number of hydrogen-bond acceptors (Lipinski definition) is 13. The zero-order chi connectivity index (χ0) is 31.1. The molecule has 246 valence electrons. The molecule has 0 aromatic heterocycles. The summed E-state index contributed by atoms with van der Waals surface area (Å²) in [6.07, 6.45) is -4.49. The van der Waals surface area contributed by atoms with Gasteiger partial charge in [-0.05, 0) is 38.5 Å². The third-order valence-electron chi connectivity index (χ3n) is 7.55. The topological polar surface area (TPSA) is 203 Å². The quantitative estimate of drug-likeness (QED) is 0.0909. The second-order valence-electron chi connectivity index (χ2n) is 10.9. The van der Waals surface area contributed by atoms with E-state index in [-0.39, 0.29) is 6.42 Å². The first-order chi connectivity index (χ1) is 20.1. The number of ether oxygens (including phenoxy) is 6. The third-order valence-corrected chi connectivity index (χ3v) is 7.55. The van der Waals surface area contributed by atoms with Crippen LogP contribution in [0.2, 0.25) is 0 Å². The highest BCUT2D eigenvalue weighted by atomic mass is 16.7. The van der Waals surface area contributed by atoms with Crippen molar-refractivity contribution in [3.63, 3.8) is 0 Å². The molecule has 6 N–H and O–H groups in total. The second-order valence-corrected chi connectivity index (χ2v) is 10.9. The van der Waals surface area contributed by atoms with Gasteiger partial charge in [0.1, 0.15) is 18.3 Å². The summed E-state index contributed by atoms with van der Waals surface area (Å²) in [6.45, 7) is 7.07. The monoisotopic (exact) mass is 609 g/mol. The minimum atomic E-state index is -1.24. The number of nitrogens with one attached hydrogen (secondary N) is 1. The van der Waals surface area contributed by atoms with Crippen LogP contribution in [0.15, 0.2) is 0 Å². The van der Waals surface area contributed by atoms with Crippen LogP contribution in [0.25, 0.3) is 0 Å². The highest BCUT2D eigenvalue weighted by molar-refractivity contribution is 5.69. The number of alkyl carbamates (subject to hydrolysis) is 1. The molecule has 10 atom stereocenters. The van der Waals surface area contributed by atoms with Crippen molar-refractivity contribution in [1.29, 1.82) is 0 Å². The lowest BCUT2D eigenvalue weighted by Crippen LogP contribution is -2.55. The normalized spacial score (nSPS) is 33.2. The molecule has 2 rings (SSSR count). The Labute approximate surface area is 247 Å². The average molecular weight is 610 g/mol. The zero-order valence-corrected chi connectivity index (χ0v) is 25.0. The van der Waals surface area contributed by atoms with Gasteiger partial charge in [-0.15, -0.1) is 0 Å². The van der Waals surface area contributed by atoms with Crippen LogP contribution in [0.1, 0.15) is 65.7 Å². The van der Waals surface area contributed by atoms with E-state index in [0.29, 0.717) is 58.7 Å². The van der Waals surface area contributed by atoms with Gasteiger partial charge in [0.05, 0.1) is 24.9 Å². The Morgan fingerprint density at radius 2 is 1.21 bits per heavy atom. The summed E-state index contributed by atoms with van der Waals surface area (Å²) < 4.78 is 32.7. The second kappa shape index (κ2) is 19.6. The summed E-state index contributed by atoms with van der Waals surface area (Å²) in [5.74, 6) is -1.64. The highest BCUT2D eigenvalue weighted by Crippen LogP contribution is 2.29. The van der Waals surface area contributed by atoms with Crippen molar-refractivity contribution in [2.24, 2.45) is 11.8 Å². The van der Waals surface area contributed by atoms with Gasteiger partial charge in [0.25, 0.3) is 0 Å². The zero-order valence-electron chi connectivity index (χ0n) is 25.0.